The second-order valence-electron chi connectivity index (χ2n) is 13.8. The molecule has 3 atom stereocenters. The number of nitrogens with zero attached hydrogens (tertiary/aromatic N) is 5. The highest BCUT2D eigenvalue weighted by atomic mass is 32.1. The van der Waals surface area contributed by atoms with E-state index in [2.05, 4.69) is 49.6 Å². The molecule has 17 heteroatoms. The summed E-state index contributed by atoms with van der Waals surface area (Å²) < 4.78 is 7.55. The number of rotatable bonds is 7. The lowest BCUT2D eigenvalue weighted by atomic mass is 10.0. The van der Waals surface area contributed by atoms with Crippen LogP contribution in [-0.4, -0.2) is 83.4 Å². The topological polar surface area (TPSA) is 222 Å². The maximum absolute atomic E-state index is 13.9. The summed E-state index contributed by atoms with van der Waals surface area (Å²) in [5.74, 6) is -2.17. The first-order valence-electron chi connectivity index (χ1n) is 18.2. The summed E-state index contributed by atoms with van der Waals surface area (Å²) in [5.41, 5.74) is 3.36. The molecule has 0 saturated carbocycles. The third kappa shape index (κ3) is 14.4. The predicted molar refractivity (Wildman–Crippen MR) is 212 cm³/mol. The van der Waals surface area contributed by atoms with Crippen LogP contribution < -0.4 is 16.0 Å². The van der Waals surface area contributed by atoms with Gasteiger partial charge in [0.25, 0.3) is 23.8 Å². The number of amides is 3. The fourth-order valence-electron chi connectivity index (χ4n) is 5.92. The van der Waals surface area contributed by atoms with Crippen molar-refractivity contribution in [1.82, 2.24) is 40.4 Å². The average molecular weight is 801 g/mol. The second kappa shape index (κ2) is 21.2. The third-order valence-electron chi connectivity index (χ3n) is 8.23. The van der Waals surface area contributed by atoms with Crippen molar-refractivity contribution in [3.8, 4) is 5.69 Å². The van der Waals surface area contributed by atoms with E-state index in [1.807, 2.05) is 65.4 Å². The van der Waals surface area contributed by atoms with Gasteiger partial charge in [0.2, 0.25) is 11.8 Å². The van der Waals surface area contributed by atoms with Crippen LogP contribution in [0.1, 0.15) is 96.1 Å². The number of carbonyl (C=O) groups is 5. The van der Waals surface area contributed by atoms with Crippen molar-refractivity contribution in [2.45, 2.75) is 72.1 Å². The van der Waals surface area contributed by atoms with Gasteiger partial charge in [-0.2, -0.15) is 0 Å². The Morgan fingerprint density at radius 3 is 2.21 bits per heavy atom. The Balaban J connectivity index is 0.000000824. The number of thiazole rings is 1. The average Bonchev–Trinajstić information content (AvgIpc) is 3.94. The van der Waals surface area contributed by atoms with E-state index in [0.29, 0.717) is 30.9 Å². The molecule has 5 N–H and O–H groups in total. The van der Waals surface area contributed by atoms with Crippen molar-refractivity contribution >= 4 is 41.0 Å². The molecule has 0 aliphatic carbocycles. The van der Waals surface area contributed by atoms with Gasteiger partial charge < -0.3 is 35.1 Å². The number of benzene rings is 2. The van der Waals surface area contributed by atoms with Crippen molar-refractivity contribution in [2.24, 2.45) is 5.92 Å². The van der Waals surface area contributed by atoms with Crippen LogP contribution in [0.5, 0.6) is 0 Å². The minimum Gasteiger partial charge on any atom is -0.481 e. The van der Waals surface area contributed by atoms with E-state index in [0.717, 1.165) is 30.7 Å². The van der Waals surface area contributed by atoms with Crippen molar-refractivity contribution < 1.29 is 38.6 Å². The smallest absolute Gasteiger partial charge is 0.300 e. The number of carboxylic acid groups (broad SMARTS) is 2. The quantitative estimate of drug-likeness (QED) is 0.146. The lowest BCUT2D eigenvalue weighted by molar-refractivity contribution is -0.135. The Morgan fingerprint density at radius 2 is 1.58 bits per heavy atom. The van der Waals surface area contributed by atoms with Crippen molar-refractivity contribution in [3.63, 3.8) is 0 Å². The molecule has 2 aromatic carbocycles. The fourth-order valence-corrected chi connectivity index (χ4v) is 6.77. The van der Waals surface area contributed by atoms with Crippen LogP contribution in [0.4, 0.5) is 0 Å². The zero-order chi connectivity index (χ0) is 41.5. The minimum absolute atomic E-state index is 0.0728. The molecular formula is C40H48N8O8S. The summed E-state index contributed by atoms with van der Waals surface area (Å²) in [6.45, 7) is 9.05. The molecule has 4 bridgehead atoms. The van der Waals surface area contributed by atoms with E-state index in [-0.39, 0.29) is 47.6 Å². The number of oxazole rings is 1. The van der Waals surface area contributed by atoms with Gasteiger partial charge in [0.05, 0.1) is 18.9 Å². The van der Waals surface area contributed by atoms with Gasteiger partial charge in [0, 0.05) is 56.4 Å². The molecule has 302 valence electrons. The Morgan fingerprint density at radius 1 is 0.912 bits per heavy atom. The van der Waals surface area contributed by atoms with Crippen LogP contribution in [0.2, 0.25) is 0 Å². The molecule has 16 nitrogen and oxygen atoms in total. The summed E-state index contributed by atoms with van der Waals surface area (Å²) in [6, 6.07) is 16.6. The Hall–Kier alpha value is -6.20. The van der Waals surface area contributed by atoms with E-state index in [9.17, 15) is 14.4 Å². The standard InChI is InChI=1S/C36H40N8O4S.2C2H4O2/c1-23(2)15-27-18-43(17-26-9-11-28(12-10-26)44-14-13-37-22-44)19-32(45)40-29(16-25-7-5-4-6-8-25)36-42-31(21-49-36)34(47)38-24(3)35-41-30(20-48-35)33(46)39-27;2*1-2(3)4/h4-14,20-24,27,29H,15-19H2,1-3H3,(H,38,47)(H,39,46)(H,40,45);2*1H3,(H,3,4)/t24-,27-,29-;;/m1../s1. The first-order chi connectivity index (χ1) is 27.2. The van der Waals surface area contributed by atoms with Gasteiger partial charge in [-0.25, -0.2) is 15.0 Å². The SMILES string of the molecule is CC(=O)O.CC(=O)O.CC(C)C[C@@H]1CN(Cc2ccc(-n3ccnc3)cc2)CC(=O)N[C@H](Cc2ccccc2)c2nc(cs2)C(=O)N[C@H](C)c2nc(co2)C(=O)N1. The van der Waals surface area contributed by atoms with E-state index in [4.69, 9.17) is 24.2 Å². The number of hydrogen-bond donors (Lipinski definition) is 5. The number of aliphatic carboxylic acids is 2. The maximum Gasteiger partial charge on any atom is 0.300 e. The molecule has 0 fully saturated rings. The lowest BCUT2D eigenvalue weighted by Crippen LogP contribution is -2.47. The highest BCUT2D eigenvalue weighted by Crippen LogP contribution is 2.24. The van der Waals surface area contributed by atoms with Crippen LogP contribution in [0.3, 0.4) is 0 Å². The number of fused-ring (bicyclic) bond motifs is 4. The van der Waals surface area contributed by atoms with Crippen LogP contribution >= 0.6 is 11.3 Å². The van der Waals surface area contributed by atoms with Gasteiger partial charge >= 0.3 is 0 Å². The molecule has 0 unspecified atom stereocenters. The zero-order valence-electron chi connectivity index (χ0n) is 32.4. The van der Waals surface area contributed by atoms with Crippen molar-refractivity contribution in [2.75, 3.05) is 13.1 Å². The molecule has 0 radical (unpaired) electrons. The zero-order valence-corrected chi connectivity index (χ0v) is 33.2. The molecular weight excluding hydrogens is 753 g/mol. The number of carbonyl (C=O) groups excluding carboxylic acids is 3. The summed E-state index contributed by atoms with van der Waals surface area (Å²) >= 11 is 1.32. The first kappa shape index (κ1) is 43.5. The number of hydrogen-bond acceptors (Lipinski definition) is 11. The molecule has 1 aliphatic heterocycles. The van der Waals surface area contributed by atoms with Gasteiger partial charge in [0.1, 0.15) is 23.0 Å². The van der Waals surface area contributed by atoms with E-state index in [1.165, 1.54) is 17.6 Å². The maximum atomic E-state index is 13.9. The van der Waals surface area contributed by atoms with Crippen LogP contribution in [0.15, 0.2) is 89.4 Å². The minimum atomic E-state index is -0.833. The highest BCUT2D eigenvalue weighted by molar-refractivity contribution is 7.09. The largest absolute Gasteiger partial charge is 0.481 e. The van der Waals surface area contributed by atoms with Gasteiger partial charge in [-0.05, 0) is 48.9 Å². The van der Waals surface area contributed by atoms with Crippen molar-refractivity contribution in [3.05, 3.63) is 118 Å². The molecule has 5 aromatic rings. The molecule has 0 spiro atoms. The van der Waals surface area contributed by atoms with Gasteiger partial charge in [0.15, 0.2) is 5.69 Å². The summed E-state index contributed by atoms with van der Waals surface area (Å²) in [4.78, 5) is 73.8. The molecule has 4 heterocycles. The van der Waals surface area contributed by atoms with Gasteiger partial charge in [-0.1, -0.05) is 56.3 Å². The predicted octanol–water partition coefficient (Wildman–Crippen LogP) is 5.05. The fraction of sp³-hybridized carbons (Fsp3) is 0.350. The summed E-state index contributed by atoms with van der Waals surface area (Å²) in [5, 5.41) is 26.3. The first-order valence-corrected chi connectivity index (χ1v) is 19.1. The summed E-state index contributed by atoms with van der Waals surface area (Å²) in [7, 11) is 0. The third-order valence-corrected chi connectivity index (χ3v) is 9.18. The van der Waals surface area contributed by atoms with Gasteiger partial charge in [-0.3, -0.25) is 28.9 Å². The van der Waals surface area contributed by atoms with E-state index >= 15 is 0 Å². The normalized spacial score (nSPS) is 17.6. The molecule has 6 rings (SSSR count). The van der Waals surface area contributed by atoms with Crippen molar-refractivity contribution in [1.29, 1.82) is 0 Å². The molecule has 0 saturated heterocycles. The molecule has 3 amide bonds. The van der Waals surface area contributed by atoms with Crippen LogP contribution in [0.25, 0.3) is 5.69 Å². The van der Waals surface area contributed by atoms with E-state index in [1.54, 1.807) is 24.8 Å². The monoisotopic (exact) mass is 800 g/mol. The molecule has 57 heavy (non-hydrogen) atoms. The highest BCUT2D eigenvalue weighted by Gasteiger charge is 2.27. The molecule has 3 aromatic heterocycles. The Bertz CT molecular complexity index is 2050. The molecule has 1 aliphatic rings. The number of carboxylic acids is 2. The van der Waals surface area contributed by atoms with Gasteiger partial charge in [-0.15, -0.1) is 11.3 Å². The summed E-state index contributed by atoms with van der Waals surface area (Å²) in [6.07, 6.45) is 7.84. The lowest BCUT2D eigenvalue weighted by Gasteiger charge is -2.29. The number of imidazole rings is 1. The number of aromatic nitrogens is 4. The second-order valence-corrected chi connectivity index (χ2v) is 14.7. The van der Waals surface area contributed by atoms with E-state index < -0.39 is 29.9 Å². The van der Waals surface area contributed by atoms with Crippen LogP contribution in [0, 0.1) is 5.92 Å². The number of nitrogens with one attached hydrogen (secondary N) is 3. The Labute approximate surface area is 334 Å². The Kier molecular flexibility index (Phi) is 16.2. The van der Waals surface area contributed by atoms with Crippen LogP contribution in [-0.2, 0) is 27.3 Å².